The van der Waals surface area contributed by atoms with Gasteiger partial charge in [-0.25, -0.2) is 0 Å². The van der Waals surface area contributed by atoms with Crippen LogP contribution in [0.25, 0.3) is 11.1 Å². The zero-order valence-electron chi connectivity index (χ0n) is 17.2. The molecule has 2 rings (SSSR count). The highest BCUT2D eigenvalue weighted by molar-refractivity contribution is 5.71. The second kappa shape index (κ2) is 12.0. The van der Waals surface area contributed by atoms with E-state index in [0.29, 0.717) is 22.6 Å². The van der Waals surface area contributed by atoms with Crippen molar-refractivity contribution in [2.24, 2.45) is 0 Å². The van der Waals surface area contributed by atoms with Crippen molar-refractivity contribution < 1.29 is 27.4 Å². The van der Waals surface area contributed by atoms with E-state index >= 15 is 0 Å². The lowest BCUT2D eigenvalue weighted by Crippen LogP contribution is -2.08. The predicted molar refractivity (Wildman–Crippen MR) is 106 cm³/mol. The lowest BCUT2D eigenvalue weighted by Gasteiger charge is -2.14. The van der Waals surface area contributed by atoms with Crippen molar-refractivity contribution >= 4 is 6.79 Å². The zero-order valence-corrected chi connectivity index (χ0v) is 17.2. The molecule has 2 aromatic carbocycles. The molecular formula is C21H28F3NO3. The molecule has 2 aromatic rings. The fourth-order valence-corrected chi connectivity index (χ4v) is 2.11. The first kappa shape index (κ1) is 25.5. The van der Waals surface area contributed by atoms with E-state index in [9.17, 15) is 13.2 Å². The molecule has 7 heteroatoms. The summed E-state index contributed by atoms with van der Waals surface area (Å²) in [5.74, 6) is 1.01. The molecule has 0 saturated carbocycles. The van der Waals surface area contributed by atoms with E-state index in [1.807, 2.05) is 6.79 Å². The molecule has 0 amide bonds. The molecule has 0 N–H and O–H groups in total. The third-order valence-electron chi connectivity index (χ3n) is 3.89. The van der Waals surface area contributed by atoms with Gasteiger partial charge in [0.2, 0.25) is 0 Å². The van der Waals surface area contributed by atoms with E-state index < -0.39 is 11.7 Å². The van der Waals surface area contributed by atoms with Crippen LogP contribution in [-0.4, -0.2) is 46.5 Å². The molecule has 0 fully saturated rings. The number of hydrogen-bond donors (Lipinski definition) is 0. The number of rotatable bonds is 4. The summed E-state index contributed by atoms with van der Waals surface area (Å²) in [6.45, 7) is 7.03. The van der Waals surface area contributed by atoms with E-state index in [1.54, 1.807) is 25.1 Å². The van der Waals surface area contributed by atoms with Crippen LogP contribution < -0.4 is 9.47 Å². The Bertz CT molecular complexity index is 731. The van der Waals surface area contributed by atoms with Crippen LogP contribution in [0, 0.1) is 6.92 Å². The minimum atomic E-state index is -4.36. The van der Waals surface area contributed by atoms with Crippen LogP contribution in [0.3, 0.4) is 0 Å². The molecule has 0 aromatic heterocycles. The minimum Gasteiger partial charge on any atom is -0.493 e. The van der Waals surface area contributed by atoms with Gasteiger partial charge in [0.05, 0.1) is 19.8 Å². The van der Waals surface area contributed by atoms with Gasteiger partial charge in [-0.2, -0.15) is 13.2 Å². The number of ether oxygens (including phenoxy) is 2. The van der Waals surface area contributed by atoms with Gasteiger partial charge in [0.15, 0.2) is 11.5 Å². The molecule has 0 aliphatic carbocycles. The second-order valence-corrected chi connectivity index (χ2v) is 5.99. The van der Waals surface area contributed by atoms with E-state index in [2.05, 4.69) is 25.9 Å². The number of alkyl halides is 3. The molecule has 0 radical (unpaired) electrons. The zero-order chi connectivity index (χ0) is 21.9. The molecule has 0 aliphatic heterocycles. The predicted octanol–water partition coefficient (Wildman–Crippen LogP) is 5.08. The molecule has 156 valence electrons. The number of methoxy groups -OCH3 is 2. The fourth-order valence-electron chi connectivity index (χ4n) is 2.11. The van der Waals surface area contributed by atoms with Crippen molar-refractivity contribution in [1.29, 1.82) is 0 Å². The van der Waals surface area contributed by atoms with Crippen LogP contribution >= 0.6 is 0 Å². The highest BCUT2D eigenvalue weighted by atomic mass is 19.4. The van der Waals surface area contributed by atoms with Gasteiger partial charge < -0.3 is 19.2 Å². The fraction of sp³-hybridized carbons (Fsp3) is 0.381. The van der Waals surface area contributed by atoms with Crippen LogP contribution in [0.1, 0.15) is 18.1 Å². The monoisotopic (exact) mass is 399 g/mol. The average molecular weight is 399 g/mol. The number of nitrogens with zero attached hydrogens (tertiary/aromatic N) is 1. The van der Waals surface area contributed by atoms with Crippen LogP contribution in [0.5, 0.6) is 11.5 Å². The molecule has 0 saturated heterocycles. The van der Waals surface area contributed by atoms with E-state index in [0.717, 1.165) is 24.2 Å². The van der Waals surface area contributed by atoms with E-state index in [-0.39, 0.29) is 0 Å². The Labute approximate surface area is 164 Å². The van der Waals surface area contributed by atoms with E-state index in [1.165, 1.54) is 20.3 Å². The summed E-state index contributed by atoms with van der Waals surface area (Å²) >= 11 is 0. The van der Waals surface area contributed by atoms with Crippen molar-refractivity contribution in [2.75, 3.05) is 34.9 Å². The first-order valence-corrected chi connectivity index (χ1v) is 8.47. The Hall–Kier alpha value is -2.54. The number of benzene rings is 2. The van der Waals surface area contributed by atoms with Crippen molar-refractivity contribution in [2.45, 2.75) is 20.0 Å². The average Bonchev–Trinajstić information content (AvgIpc) is 2.68. The van der Waals surface area contributed by atoms with Crippen molar-refractivity contribution in [1.82, 2.24) is 4.90 Å². The first-order valence-electron chi connectivity index (χ1n) is 8.47. The van der Waals surface area contributed by atoms with Crippen LogP contribution in [0.4, 0.5) is 13.2 Å². The van der Waals surface area contributed by atoms with E-state index in [4.69, 9.17) is 14.3 Å². The number of halogens is 3. The summed E-state index contributed by atoms with van der Waals surface area (Å²) in [4.78, 5) is 10.1. The van der Waals surface area contributed by atoms with Gasteiger partial charge in [-0.1, -0.05) is 19.1 Å². The summed E-state index contributed by atoms with van der Waals surface area (Å²) < 4.78 is 48.8. The maximum Gasteiger partial charge on any atom is 0.416 e. The lowest BCUT2D eigenvalue weighted by molar-refractivity contribution is -0.137. The Morgan fingerprint density at radius 2 is 1.50 bits per heavy atom. The largest absolute Gasteiger partial charge is 0.493 e. The van der Waals surface area contributed by atoms with Crippen LogP contribution in [-0.2, 0) is 11.0 Å². The molecule has 0 aliphatic rings. The van der Waals surface area contributed by atoms with Gasteiger partial charge in [0.25, 0.3) is 0 Å². The van der Waals surface area contributed by atoms with Crippen LogP contribution in [0.15, 0.2) is 36.4 Å². The summed E-state index contributed by atoms with van der Waals surface area (Å²) in [6, 6.07) is 8.75. The Morgan fingerprint density at radius 1 is 0.964 bits per heavy atom. The Balaban J connectivity index is 0.000000906. The van der Waals surface area contributed by atoms with Gasteiger partial charge in [-0.15, -0.1) is 0 Å². The van der Waals surface area contributed by atoms with Gasteiger partial charge in [0.1, 0.15) is 6.79 Å². The van der Waals surface area contributed by atoms with Gasteiger partial charge in [-0.3, -0.25) is 0 Å². The first-order chi connectivity index (χ1) is 13.1. The summed E-state index contributed by atoms with van der Waals surface area (Å²) in [7, 11) is 7.10. The lowest BCUT2D eigenvalue weighted by atomic mass is 9.97. The summed E-state index contributed by atoms with van der Waals surface area (Å²) in [5, 5.41) is 0. The number of carbonyl (C=O) groups excluding carboxylic acids is 1. The highest BCUT2D eigenvalue weighted by Gasteiger charge is 2.30. The van der Waals surface area contributed by atoms with Gasteiger partial charge >= 0.3 is 6.18 Å². The molecule has 0 unspecified atom stereocenters. The Morgan fingerprint density at radius 3 is 1.93 bits per heavy atom. The number of carbonyl (C=O) groups is 1. The van der Waals surface area contributed by atoms with Gasteiger partial charge in [-0.05, 0) is 68.5 Å². The molecule has 4 nitrogen and oxygen atoms in total. The number of hydrogen-bond acceptors (Lipinski definition) is 4. The SMILES string of the molecule is C=O.CCN(C)C.COc1ccc(-c2cc(C(F)(F)F)ccc2C)cc1OC. The Kier molecular flexibility index (Phi) is 10.9. The third kappa shape index (κ3) is 7.60. The van der Waals surface area contributed by atoms with Crippen molar-refractivity contribution in [3.05, 3.63) is 47.5 Å². The van der Waals surface area contributed by atoms with Crippen LogP contribution in [0.2, 0.25) is 0 Å². The standard InChI is InChI=1S/C16H15F3O2.C4H11N.CH2O/c1-10-4-6-12(16(17,18)19)9-13(10)11-5-7-14(20-2)15(8-11)21-3;1-4-5(2)3;1-2/h4-9H,1-3H3;4H2,1-3H3;1H2. The molecule has 0 heterocycles. The van der Waals surface area contributed by atoms with Gasteiger partial charge in [0, 0.05) is 0 Å². The van der Waals surface area contributed by atoms with Crippen molar-refractivity contribution in [3.63, 3.8) is 0 Å². The second-order valence-electron chi connectivity index (χ2n) is 5.99. The minimum absolute atomic E-state index is 0.479. The maximum atomic E-state index is 12.8. The highest BCUT2D eigenvalue weighted by Crippen LogP contribution is 2.37. The normalized spacial score (nSPS) is 10.4. The maximum absolute atomic E-state index is 12.8. The molecule has 0 atom stereocenters. The molecule has 0 spiro atoms. The quantitative estimate of drug-likeness (QED) is 0.719. The summed E-state index contributed by atoms with van der Waals surface area (Å²) in [6.07, 6.45) is -4.36. The molecule has 28 heavy (non-hydrogen) atoms. The number of aryl methyl sites for hydroxylation is 1. The smallest absolute Gasteiger partial charge is 0.416 e. The summed E-state index contributed by atoms with van der Waals surface area (Å²) in [5.41, 5.74) is 1.26. The third-order valence-corrected chi connectivity index (χ3v) is 3.89. The molecular weight excluding hydrogens is 371 g/mol. The topological polar surface area (TPSA) is 38.8 Å². The molecule has 0 bridgehead atoms. The van der Waals surface area contributed by atoms with Crippen molar-refractivity contribution in [3.8, 4) is 22.6 Å².